The van der Waals surface area contributed by atoms with Gasteiger partial charge in [-0.05, 0) is 55.0 Å². The summed E-state index contributed by atoms with van der Waals surface area (Å²) in [5, 5.41) is 0.151. The van der Waals surface area contributed by atoms with Crippen LogP contribution in [0.4, 0.5) is 4.39 Å². The Morgan fingerprint density at radius 3 is 2.55 bits per heavy atom. The second-order valence-electron chi connectivity index (χ2n) is 8.14. The van der Waals surface area contributed by atoms with Gasteiger partial charge in [-0.2, -0.15) is 0 Å². The molecule has 1 aliphatic rings. The third kappa shape index (κ3) is 4.59. The van der Waals surface area contributed by atoms with Gasteiger partial charge in [-0.1, -0.05) is 41.1 Å². The third-order valence-electron chi connectivity index (χ3n) is 5.83. The number of aromatic nitrogens is 1. The molecule has 192 valence electrons. The second-order valence-corrected chi connectivity index (χ2v) is 9.56. The first kappa shape index (κ1) is 25.4. The van der Waals surface area contributed by atoms with E-state index in [1.165, 1.54) is 60.4 Å². The van der Waals surface area contributed by atoms with E-state index in [1.54, 1.807) is 25.1 Å². The van der Waals surface area contributed by atoms with Gasteiger partial charge in [0.05, 0.1) is 40.2 Å². The predicted octanol–water partition coefficient (Wildman–Crippen LogP) is 4.01. The number of methoxy groups -OCH3 is 1. The van der Waals surface area contributed by atoms with Gasteiger partial charge in [0.25, 0.3) is 5.56 Å². The molecule has 0 saturated heterocycles. The number of carbonyl (C=O) groups is 2. The number of hydrogen-bond donors (Lipinski definition) is 0. The van der Waals surface area contributed by atoms with Gasteiger partial charge in [0.15, 0.2) is 4.80 Å². The SMILES string of the molecule is COC(=O)C1=C(C)N=c2s/c(=C\c3c(F)cccc3Cl)c(=O)n2[C@H]1c1ccc(OC(=O)c2ccco2)cc1. The van der Waals surface area contributed by atoms with E-state index < -0.39 is 29.4 Å². The van der Waals surface area contributed by atoms with Gasteiger partial charge in [-0.25, -0.2) is 19.0 Å². The maximum Gasteiger partial charge on any atom is 0.379 e. The zero-order chi connectivity index (χ0) is 27.0. The van der Waals surface area contributed by atoms with Crippen LogP contribution in [0.3, 0.4) is 0 Å². The lowest BCUT2D eigenvalue weighted by molar-refractivity contribution is -0.136. The number of hydrogen-bond acceptors (Lipinski definition) is 8. The van der Waals surface area contributed by atoms with Gasteiger partial charge < -0.3 is 13.9 Å². The van der Waals surface area contributed by atoms with Crippen LogP contribution in [0.25, 0.3) is 6.08 Å². The van der Waals surface area contributed by atoms with Crippen molar-refractivity contribution >= 4 is 41.0 Å². The number of nitrogens with zero attached hydrogens (tertiary/aromatic N) is 2. The Morgan fingerprint density at radius 1 is 1.13 bits per heavy atom. The largest absolute Gasteiger partial charge is 0.466 e. The standard InChI is InChI=1S/C27H18ClFN2O6S/c1-14-22(26(34)35-2)23(15-8-10-16(11-9-15)37-25(33)20-7-4-12-36-20)31-24(32)21(38-27(31)30-14)13-17-18(28)5-3-6-19(17)29/h3-13,23H,1-2H3/b21-13-/t23-/m0/s1. The highest BCUT2D eigenvalue weighted by atomic mass is 35.5. The van der Waals surface area contributed by atoms with Crippen LogP contribution < -0.4 is 19.6 Å². The molecule has 5 rings (SSSR count). The molecule has 0 saturated carbocycles. The van der Waals surface area contributed by atoms with E-state index in [9.17, 15) is 18.8 Å². The Labute approximate surface area is 223 Å². The van der Waals surface area contributed by atoms with Crippen molar-refractivity contribution in [2.75, 3.05) is 7.11 Å². The first-order valence-corrected chi connectivity index (χ1v) is 12.4. The molecular weight excluding hydrogens is 535 g/mol. The molecule has 0 N–H and O–H groups in total. The van der Waals surface area contributed by atoms with E-state index in [1.807, 2.05) is 0 Å². The molecular formula is C27H18ClFN2O6S. The van der Waals surface area contributed by atoms with Gasteiger partial charge in [0, 0.05) is 5.56 Å². The summed E-state index contributed by atoms with van der Waals surface area (Å²) >= 11 is 7.21. The maximum absolute atomic E-state index is 14.4. The second kappa shape index (κ2) is 10.2. The minimum Gasteiger partial charge on any atom is -0.466 e. The van der Waals surface area contributed by atoms with Crippen molar-refractivity contribution in [3.8, 4) is 5.75 Å². The summed E-state index contributed by atoms with van der Waals surface area (Å²) in [6.45, 7) is 1.64. The van der Waals surface area contributed by atoms with Crippen LogP contribution in [0, 0.1) is 5.82 Å². The number of halogens is 2. The molecule has 38 heavy (non-hydrogen) atoms. The number of esters is 2. The summed E-state index contributed by atoms with van der Waals surface area (Å²) in [7, 11) is 1.24. The van der Waals surface area contributed by atoms with Crippen molar-refractivity contribution in [2.45, 2.75) is 13.0 Å². The lowest BCUT2D eigenvalue weighted by Crippen LogP contribution is -2.39. The molecule has 4 aromatic rings. The number of carbonyl (C=O) groups excluding carboxylic acids is 2. The van der Waals surface area contributed by atoms with Gasteiger partial charge in [-0.15, -0.1) is 0 Å². The topological polar surface area (TPSA) is 100 Å². The molecule has 0 bridgehead atoms. The Hall–Kier alpha value is -4.28. The summed E-state index contributed by atoms with van der Waals surface area (Å²) in [6.07, 6.45) is 2.73. The van der Waals surface area contributed by atoms with Crippen LogP contribution in [0.15, 0.2) is 86.3 Å². The van der Waals surface area contributed by atoms with Crippen LogP contribution in [0.5, 0.6) is 5.75 Å². The van der Waals surface area contributed by atoms with Crippen molar-refractivity contribution in [3.63, 3.8) is 0 Å². The number of benzene rings is 2. The Balaban J connectivity index is 1.61. The van der Waals surface area contributed by atoms with E-state index in [0.29, 0.717) is 16.1 Å². The number of ether oxygens (including phenoxy) is 2. The van der Waals surface area contributed by atoms with Crippen LogP contribution in [0.1, 0.15) is 34.6 Å². The first-order valence-electron chi connectivity index (χ1n) is 11.2. The van der Waals surface area contributed by atoms with E-state index in [4.69, 9.17) is 25.5 Å². The first-order chi connectivity index (χ1) is 18.3. The lowest BCUT2D eigenvalue weighted by Gasteiger charge is -2.24. The molecule has 2 aromatic carbocycles. The molecule has 3 heterocycles. The number of rotatable bonds is 5. The average molecular weight is 553 g/mol. The Morgan fingerprint density at radius 2 is 1.89 bits per heavy atom. The molecule has 0 radical (unpaired) electrons. The highest BCUT2D eigenvalue weighted by Crippen LogP contribution is 2.31. The van der Waals surface area contributed by atoms with Gasteiger partial charge in [0.2, 0.25) is 5.76 Å². The smallest absolute Gasteiger partial charge is 0.379 e. The molecule has 0 aliphatic carbocycles. The van der Waals surface area contributed by atoms with Crippen LogP contribution in [-0.4, -0.2) is 23.6 Å². The molecule has 11 heteroatoms. The van der Waals surface area contributed by atoms with Gasteiger partial charge in [0.1, 0.15) is 11.6 Å². The molecule has 1 aliphatic heterocycles. The van der Waals surface area contributed by atoms with Crippen LogP contribution in [0.2, 0.25) is 5.02 Å². The summed E-state index contributed by atoms with van der Waals surface area (Å²) in [6, 6.07) is 12.7. The zero-order valence-corrected chi connectivity index (χ0v) is 21.5. The van der Waals surface area contributed by atoms with Gasteiger partial charge in [-0.3, -0.25) is 9.36 Å². The summed E-state index contributed by atoms with van der Waals surface area (Å²) in [5.41, 5.74) is 0.652. The zero-order valence-electron chi connectivity index (χ0n) is 19.9. The fraction of sp³-hybridized carbons (Fsp3) is 0.111. The summed E-state index contributed by atoms with van der Waals surface area (Å²) < 4.78 is 31.3. The molecule has 0 amide bonds. The molecule has 2 aromatic heterocycles. The Kier molecular flexibility index (Phi) is 6.83. The van der Waals surface area contributed by atoms with Crippen molar-refractivity contribution in [1.82, 2.24) is 4.57 Å². The number of thiazole rings is 1. The molecule has 8 nitrogen and oxygen atoms in total. The van der Waals surface area contributed by atoms with Crippen molar-refractivity contribution in [2.24, 2.45) is 4.99 Å². The third-order valence-corrected chi connectivity index (χ3v) is 7.14. The highest BCUT2D eigenvalue weighted by Gasteiger charge is 2.33. The minimum atomic E-state index is -0.897. The van der Waals surface area contributed by atoms with Crippen molar-refractivity contribution in [3.05, 3.63) is 120 Å². The van der Waals surface area contributed by atoms with Crippen LogP contribution >= 0.6 is 22.9 Å². The molecule has 0 spiro atoms. The van der Waals surface area contributed by atoms with Crippen LogP contribution in [-0.2, 0) is 9.53 Å². The van der Waals surface area contributed by atoms with Crippen molar-refractivity contribution < 1.29 is 27.9 Å². The maximum atomic E-state index is 14.4. The summed E-state index contributed by atoms with van der Waals surface area (Å²) in [5.74, 6) is -1.63. The quantitative estimate of drug-likeness (QED) is 0.274. The number of allylic oxidation sites excluding steroid dienone is 1. The lowest BCUT2D eigenvalue weighted by atomic mass is 9.96. The fourth-order valence-corrected chi connectivity index (χ4v) is 5.30. The van der Waals surface area contributed by atoms with Gasteiger partial charge >= 0.3 is 11.9 Å². The molecule has 1 atom stereocenters. The summed E-state index contributed by atoms with van der Waals surface area (Å²) in [4.78, 5) is 43.4. The fourth-order valence-electron chi connectivity index (χ4n) is 4.06. The minimum absolute atomic E-state index is 0.0442. The van der Waals surface area contributed by atoms with E-state index in [2.05, 4.69) is 4.99 Å². The highest BCUT2D eigenvalue weighted by molar-refractivity contribution is 7.07. The normalized spacial score (nSPS) is 15.2. The van der Waals surface area contributed by atoms with E-state index >= 15 is 0 Å². The molecule has 0 fully saturated rings. The number of fused-ring (bicyclic) bond motifs is 1. The number of furan rings is 1. The Bertz CT molecular complexity index is 1750. The average Bonchev–Trinajstić information content (AvgIpc) is 3.54. The molecule has 0 unspecified atom stereocenters. The monoisotopic (exact) mass is 552 g/mol. The predicted molar refractivity (Wildman–Crippen MR) is 137 cm³/mol. The van der Waals surface area contributed by atoms with Crippen molar-refractivity contribution in [1.29, 1.82) is 0 Å². The van der Waals surface area contributed by atoms with E-state index in [-0.39, 0.29) is 32.2 Å². The van der Waals surface area contributed by atoms with E-state index in [0.717, 1.165) is 11.3 Å².